The zero-order chi connectivity index (χ0) is 25.7. The minimum Gasteiger partial charge on any atom is -0.426 e. The number of benzene rings is 2. The molecular weight excluding hydrogens is 456 g/mol. The molecule has 0 unspecified atom stereocenters. The van der Waals surface area contributed by atoms with Crippen LogP contribution in [-0.4, -0.2) is 30.2 Å². The van der Waals surface area contributed by atoms with E-state index in [-0.39, 0.29) is 42.5 Å². The van der Waals surface area contributed by atoms with E-state index in [2.05, 4.69) is 6.92 Å². The number of imide groups is 1. The fourth-order valence-electron chi connectivity index (χ4n) is 5.98. The molecule has 0 radical (unpaired) electrons. The maximum absolute atomic E-state index is 13.1. The molecule has 0 spiro atoms. The molecule has 2 aliphatic heterocycles. The predicted octanol–water partition coefficient (Wildman–Crippen LogP) is 4.50. The number of carbonyl (C=O) groups is 4. The lowest BCUT2D eigenvalue weighted by molar-refractivity contribution is -0.139. The van der Waals surface area contributed by atoms with Gasteiger partial charge in [-0.3, -0.25) is 19.2 Å². The van der Waals surface area contributed by atoms with Crippen LogP contribution in [0.2, 0.25) is 0 Å². The van der Waals surface area contributed by atoms with Crippen LogP contribution in [-0.2, 0) is 19.2 Å². The molecule has 0 aromatic heterocycles. The maximum atomic E-state index is 13.1. The summed E-state index contributed by atoms with van der Waals surface area (Å²) in [7, 11) is 0. The van der Waals surface area contributed by atoms with Crippen molar-refractivity contribution < 1.29 is 23.9 Å². The molecule has 188 valence electrons. The Bertz CT molecular complexity index is 1270. The molecule has 1 saturated carbocycles. The van der Waals surface area contributed by atoms with Crippen molar-refractivity contribution >= 4 is 35.1 Å². The van der Waals surface area contributed by atoms with Gasteiger partial charge in [0, 0.05) is 18.7 Å². The number of aryl methyl sites for hydroxylation is 3. The Morgan fingerprint density at radius 2 is 1.58 bits per heavy atom. The number of hydrogen-bond donors (Lipinski definition) is 0. The van der Waals surface area contributed by atoms with E-state index in [1.54, 1.807) is 30.0 Å². The van der Waals surface area contributed by atoms with Crippen LogP contribution in [0.3, 0.4) is 0 Å². The number of amides is 3. The van der Waals surface area contributed by atoms with Gasteiger partial charge in [0.2, 0.25) is 17.7 Å². The summed E-state index contributed by atoms with van der Waals surface area (Å²) in [5, 5.41) is 0. The second kappa shape index (κ2) is 9.19. The molecular formula is C29H32N2O5. The lowest BCUT2D eigenvalue weighted by Crippen LogP contribution is -2.31. The summed E-state index contributed by atoms with van der Waals surface area (Å²) in [6, 6.07) is 10.9. The summed E-state index contributed by atoms with van der Waals surface area (Å²) in [4.78, 5) is 54.7. The fraction of sp³-hybridized carbons (Fsp3) is 0.448. The number of hydrogen-bond acceptors (Lipinski definition) is 5. The Balaban J connectivity index is 1.28. The highest BCUT2D eigenvalue weighted by Crippen LogP contribution is 2.43. The zero-order valence-electron chi connectivity index (χ0n) is 21.2. The van der Waals surface area contributed by atoms with Crippen molar-refractivity contribution in [1.29, 1.82) is 0 Å². The molecule has 2 heterocycles. The number of esters is 1. The molecule has 2 aromatic carbocycles. The van der Waals surface area contributed by atoms with Crippen molar-refractivity contribution in [2.75, 3.05) is 16.3 Å². The number of ether oxygens (including phenoxy) is 1. The Morgan fingerprint density at radius 1 is 0.889 bits per heavy atom. The molecule has 1 aliphatic carbocycles. The van der Waals surface area contributed by atoms with Crippen molar-refractivity contribution in [3.8, 4) is 5.75 Å². The molecule has 3 amide bonds. The van der Waals surface area contributed by atoms with Gasteiger partial charge in [-0.15, -0.1) is 0 Å². The van der Waals surface area contributed by atoms with E-state index < -0.39 is 11.9 Å². The van der Waals surface area contributed by atoms with Gasteiger partial charge in [0.15, 0.2) is 0 Å². The van der Waals surface area contributed by atoms with Gasteiger partial charge in [0.25, 0.3) is 0 Å². The molecule has 7 nitrogen and oxygen atoms in total. The van der Waals surface area contributed by atoms with Crippen molar-refractivity contribution in [3.05, 3.63) is 53.1 Å². The van der Waals surface area contributed by atoms with Crippen LogP contribution in [0.25, 0.3) is 0 Å². The highest BCUT2D eigenvalue weighted by atomic mass is 16.5. The van der Waals surface area contributed by atoms with Crippen LogP contribution in [0.1, 0.15) is 49.3 Å². The first-order valence-electron chi connectivity index (χ1n) is 12.7. The summed E-state index contributed by atoms with van der Waals surface area (Å²) in [5.74, 6) is -1.06. The second-order valence-corrected chi connectivity index (χ2v) is 10.7. The molecule has 4 atom stereocenters. The molecule has 3 aliphatic rings. The molecule has 7 heteroatoms. The molecule has 3 fully saturated rings. The van der Waals surface area contributed by atoms with Gasteiger partial charge in [-0.05, 0) is 81.3 Å². The third-order valence-electron chi connectivity index (χ3n) is 7.92. The van der Waals surface area contributed by atoms with Crippen molar-refractivity contribution in [3.63, 3.8) is 0 Å². The van der Waals surface area contributed by atoms with E-state index in [4.69, 9.17) is 4.74 Å². The SMILES string of the molecule is Cc1ccc(N2C[C@H](C(=O)Oc3ccc(N4C(=O)[C@H]5C[C@H](C)CC[C@H]5C4=O)c(C)c3)CC2=O)c(C)c1. The van der Waals surface area contributed by atoms with E-state index in [9.17, 15) is 19.2 Å². The van der Waals surface area contributed by atoms with Crippen LogP contribution in [0.15, 0.2) is 36.4 Å². The van der Waals surface area contributed by atoms with Crippen LogP contribution in [0.4, 0.5) is 11.4 Å². The zero-order valence-corrected chi connectivity index (χ0v) is 21.2. The van der Waals surface area contributed by atoms with Crippen molar-refractivity contribution in [1.82, 2.24) is 0 Å². The molecule has 36 heavy (non-hydrogen) atoms. The molecule has 2 saturated heterocycles. The summed E-state index contributed by atoms with van der Waals surface area (Å²) < 4.78 is 5.63. The number of rotatable bonds is 4. The Hall–Kier alpha value is -3.48. The van der Waals surface area contributed by atoms with Crippen LogP contribution in [0, 0.1) is 44.4 Å². The third-order valence-corrected chi connectivity index (χ3v) is 7.92. The largest absolute Gasteiger partial charge is 0.426 e. The van der Waals surface area contributed by atoms with Crippen LogP contribution in [0.5, 0.6) is 5.75 Å². The fourth-order valence-corrected chi connectivity index (χ4v) is 5.98. The quantitative estimate of drug-likeness (QED) is 0.360. The Kier molecular flexibility index (Phi) is 6.18. The van der Waals surface area contributed by atoms with Gasteiger partial charge in [-0.25, -0.2) is 4.90 Å². The highest BCUT2D eigenvalue weighted by molar-refractivity contribution is 6.22. The van der Waals surface area contributed by atoms with Crippen molar-refractivity contribution in [2.45, 2.75) is 53.4 Å². The van der Waals surface area contributed by atoms with E-state index in [1.807, 2.05) is 32.0 Å². The highest BCUT2D eigenvalue weighted by Gasteiger charge is 2.50. The summed E-state index contributed by atoms with van der Waals surface area (Å²) in [6.45, 7) is 8.16. The lowest BCUT2D eigenvalue weighted by Gasteiger charge is -2.25. The third kappa shape index (κ3) is 4.21. The van der Waals surface area contributed by atoms with E-state index >= 15 is 0 Å². The lowest BCUT2D eigenvalue weighted by atomic mass is 9.76. The molecule has 0 bridgehead atoms. The topological polar surface area (TPSA) is 84.0 Å². The van der Waals surface area contributed by atoms with E-state index in [1.165, 1.54) is 4.90 Å². The van der Waals surface area contributed by atoms with Gasteiger partial charge in [-0.1, -0.05) is 24.6 Å². The molecule has 0 N–H and O–H groups in total. The van der Waals surface area contributed by atoms with Gasteiger partial charge in [0.05, 0.1) is 23.4 Å². The van der Waals surface area contributed by atoms with E-state index in [0.29, 0.717) is 22.9 Å². The van der Waals surface area contributed by atoms with Crippen LogP contribution < -0.4 is 14.5 Å². The van der Waals surface area contributed by atoms with Gasteiger partial charge in [0.1, 0.15) is 5.75 Å². The Morgan fingerprint density at radius 3 is 2.31 bits per heavy atom. The summed E-state index contributed by atoms with van der Waals surface area (Å²) in [5.41, 5.74) is 4.15. The van der Waals surface area contributed by atoms with Crippen LogP contribution >= 0.6 is 0 Å². The van der Waals surface area contributed by atoms with E-state index in [0.717, 1.165) is 36.1 Å². The monoisotopic (exact) mass is 488 g/mol. The molecule has 2 aromatic rings. The number of nitrogens with zero attached hydrogens (tertiary/aromatic N) is 2. The summed E-state index contributed by atoms with van der Waals surface area (Å²) >= 11 is 0. The first kappa shape index (κ1) is 24.2. The second-order valence-electron chi connectivity index (χ2n) is 10.7. The minimum absolute atomic E-state index is 0.0984. The smallest absolute Gasteiger partial charge is 0.316 e. The first-order valence-corrected chi connectivity index (χ1v) is 12.7. The number of carbonyl (C=O) groups excluding carboxylic acids is 4. The van der Waals surface area contributed by atoms with Gasteiger partial charge in [-0.2, -0.15) is 0 Å². The summed E-state index contributed by atoms with van der Waals surface area (Å²) in [6.07, 6.45) is 2.56. The average molecular weight is 489 g/mol. The number of anilines is 2. The maximum Gasteiger partial charge on any atom is 0.316 e. The number of fused-ring (bicyclic) bond motifs is 1. The first-order chi connectivity index (χ1) is 17.1. The van der Waals surface area contributed by atoms with Gasteiger partial charge >= 0.3 is 5.97 Å². The molecule has 5 rings (SSSR count). The predicted molar refractivity (Wildman–Crippen MR) is 136 cm³/mol. The van der Waals surface area contributed by atoms with Gasteiger partial charge < -0.3 is 9.64 Å². The average Bonchev–Trinajstić information content (AvgIpc) is 3.32. The standard InChI is InChI=1S/C29H32N2O5/c1-16-6-9-24(18(3)11-16)30-15-20(14-26(30)32)29(35)36-21-7-10-25(19(4)13-21)31-27(33)22-8-5-17(2)12-23(22)28(31)34/h6-7,9-11,13,17,20,22-23H,5,8,12,14-15H2,1-4H3/t17-,20-,22-,23+/m1/s1. The van der Waals surface area contributed by atoms with Crippen molar-refractivity contribution in [2.24, 2.45) is 23.7 Å². The normalized spacial score (nSPS) is 25.9. The minimum atomic E-state index is -0.565. The Labute approximate surface area is 211 Å².